The van der Waals surface area contributed by atoms with E-state index in [1.54, 1.807) is 0 Å². The summed E-state index contributed by atoms with van der Waals surface area (Å²) in [6.07, 6.45) is 0.652. The molecule has 0 bridgehead atoms. The molecule has 10 heavy (non-hydrogen) atoms. The molecule has 0 unspecified atom stereocenters. The minimum atomic E-state index is -0.562. The molecule has 4 nitrogen and oxygen atoms in total. The first-order chi connectivity index (χ1) is 4.68. The minimum absolute atomic E-state index is 0.0722. The van der Waals surface area contributed by atoms with E-state index in [-0.39, 0.29) is 5.70 Å². The van der Waals surface area contributed by atoms with Gasteiger partial charge in [0.1, 0.15) is 5.70 Å². The van der Waals surface area contributed by atoms with Crippen molar-refractivity contribution in [2.24, 2.45) is 11.5 Å². The van der Waals surface area contributed by atoms with E-state index in [0.29, 0.717) is 19.6 Å². The Balaban J connectivity index is 3.31. The predicted octanol–water partition coefficient (Wildman–Crippen LogP) is -0.649. The van der Waals surface area contributed by atoms with Gasteiger partial charge < -0.3 is 16.2 Å². The van der Waals surface area contributed by atoms with E-state index in [9.17, 15) is 4.79 Å². The summed E-state index contributed by atoms with van der Waals surface area (Å²) in [6, 6.07) is 0. The summed E-state index contributed by atoms with van der Waals surface area (Å²) in [7, 11) is 0. The largest absolute Gasteiger partial charge is 0.461 e. The van der Waals surface area contributed by atoms with Gasteiger partial charge in [0, 0.05) is 0 Å². The van der Waals surface area contributed by atoms with E-state index in [1.807, 2.05) is 0 Å². The van der Waals surface area contributed by atoms with Crippen LogP contribution in [-0.4, -0.2) is 19.1 Å². The molecule has 0 fully saturated rings. The highest BCUT2D eigenvalue weighted by Gasteiger charge is 2.01. The molecular formula is C6H12N2O2. The number of carbonyl (C=O) groups is 1. The van der Waals surface area contributed by atoms with Crippen LogP contribution in [0.2, 0.25) is 0 Å². The van der Waals surface area contributed by atoms with Gasteiger partial charge in [-0.05, 0) is 13.0 Å². The zero-order valence-corrected chi connectivity index (χ0v) is 5.80. The lowest BCUT2D eigenvalue weighted by Crippen LogP contribution is -2.15. The molecule has 0 aromatic heterocycles. The van der Waals surface area contributed by atoms with Crippen molar-refractivity contribution >= 4 is 5.97 Å². The highest BCUT2D eigenvalue weighted by atomic mass is 16.5. The molecule has 0 aliphatic rings. The Morgan fingerprint density at radius 1 is 1.60 bits per heavy atom. The number of esters is 1. The summed E-state index contributed by atoms with van der Waals surface area (Å²) in [6.45, 7) is 4.02. The smallest absolute Gasteiger partial charge is 0.353 e. The van der Waals surface area contributed by atoms with E-state index in [1.165, 1.54) is 0 Å². The molecule has 0 saturated carbocycles. The fourth-order valence-electron chi connectivity index (χ4n) is 0.341. The van der Waals surface area contributed by atoms with E-state index in [0.717, 1.165) is 0 Å². The number of hydrogen-bond donors (Lipinski definition) is 2. The molecule has 58 valence electrons. The summed E-state index contributed by atoms with van der Waals surface area (Å²) in [5, 5.41) is 0. The van der Waals surface area contributed by atoms with E-state index in [2.05, 4.69) is 11.3 Å². The number of nitrogens with two attached hydrogens (primary N) is 2. The first-order valence-corrected chi connectivity index (χ1v) is 3.00. The number of rotatable bonds is 4. The van der Waals surface area contributed by atoms with Gasteiger partial charge in [0.2, 0.25) is 0 Å². The first-order valence-electron chi connectivity index (χ1n) is 3.00. The predicted molar refractivity (Wildman–Crippen MR) is 38.0 cm³/mol. The van der Waals surface area contributed by atoms with Gasteiger partial charge in [-0.3, -0.25) is 0 Å². The van der Waals surface area contributed by atoms with Crippen molar-refractivity contribution < 1.29 is 9.53 Å². The maximum atomic E-state index is 10.5. The Morgan fingerprint density at radius 2 is 2.20 bits per heavy atom. The maximum Gasteiger partial charge on any atom is 0.353 e. The van der Waals surface area contributed by atoms with Crippen molar-refractivity contribution in [1.29, 1.82) is 0 Å². The Hall–Kier alpha value is -1.03. The lowest BCUT2D eigenvalue weighted by Gasteiger charge is -2.00. The first kappa shape index (κ1) is 8.97. The van der Waals surface area contributed by atoms with Crippen LogP contribution >= 0.6 is 0 Å². The highest BCUT2D eigenvalue weighted by molar-refractivity contribution is 5.86. The van der Waals surface area contributed by atoms with E-state index < -0.39 is 5.97 Å². The fraction of sp³-hybridized carbons (Fsp3) is 0.500. The Bertz CT molecular complexity index is 134. The van der Waals surface area contributed by atoms with Crippen LogP contribution in [0.25, 0.3) is 0 Å². The summed E-state index contributed by atoms with van der Waals surface area (Å²) < 4.78 is 4.60. The zero-order chi connectivity index (χ0) is 7.98. The normalized spacial score (nSPS) is 8.90. The molecule has 0 aliphatic carbocycles. The molecule has 0 spiro atoms. The average Bonchev–Trinajstić information content (AvgIpc) is 1.88. The quantitative estimate of drug-likeness (QED) is 0.312. The van der Waals surface area contributed by atoms with Crippen molar-refractivity contribution in [3.05, 3.63) is 12.3 Å². The summed E-state index contributed by atoms with van der Waals surface area (Å²) in [4.78, 5) is 10.5. The minimum Gasteiger partial charge on any atom is -0.461 e. The van der Waals surface area contributed by atoms with Gasteiger partial charge in [-0.25, -0.2) is 4.79 Å². The van der Waals surface area contributed by atoms with Crippen LogP contribution in [-0.2, 0) is 9.53 Å². The van der Waals surface area contributed by atoms with Gasteiger partial charge in [0.25, 0.3) is 0 Å². The second-order valence-electron chi connectivity index (χ2n) is 1.80. The lowest BCUT2D eigenvalue weighted by atomic mass is 10.4. The van der Waals surface area contributed by atoms with Crippen molar-refractivity contribution in [2.45, 2.75) is 6.42 Å². The molecule has 0 radical (unpaired) electrons. The second kappa shape index (κ2) is 4.81. The Morgan fingerprint density at radius 3 is 2.60 bits per heavy atom. The van der Waals surface area contributed by atoms with E-state index in [4.69, 9.17) is 11.5 Å². The van der Waals surface area contributed by atoms with Gasteiger partial charge in [-0.1, -0.05) is 6.58 Å². The fourth-order valence-corrected chi connectivity index (χ4v) is 0.341. The van der Waals surface area contributed by atoms with Crippen LogP contribution in [0.3, 0.4) is 0 Å². The van der Waals surface area contributed by atoms with Gasteiger partial charge in [-0.2, -0.15) is 0 Å². The molecule has 4 N–H and O–H groups in total. The van der Waals surface area contributed by atoms with Crippen molar-refractivity contribution in [1.82, 2.24) is 0 Å². The van der Waals surface area contributed by atoms with Gasteiger partial charge in [0.05, 0.1) is 6.61 Å². The molecule has 0 aromatic rings. The SMILES string of the molecule is C=C(N)C(=O)OCCCN. The molecule has 0 amide bonds. The molecule has 0 rings (SSSR count). The molecule has 0 aromatic carbocycles. The summed E-state index contributed by atoms with van der Waals surface area (Å²) in [5.41, 5.74) is 10.1. The molecule has 0 heterocycles. The number of ether oxygens (including phenoxy) is 1. The summed E-state index contributed by atoms with van der Waals surface area (Å²) in [5.74, 6) is -0.562. The van der Waals surface area contributed by atoms with Crippen molar-refractivity contribution in [3.63, 3.8) is 0 Å². The number of hydrogen-bond acceptors (Lipinski definition) is 4. The Labute approximate surface area is 59.8 Å². The van der Waals surface area contributed by atoms with Gasteiger partial charge in [0.15, 0.2) is 0 Å². The van der Waals surface area contributed by atoms with E-state index >= 15 is 0 Å². The topological polar surface area (TPSA) is 78.3 Å². The molecule has 0 aliphatic heterocycles. The van der Waals surface area contributed by atoms with Gasteiger partial charge in [-0.15, -0.1) is 0 Å². The standard InChI is InChI=1S/C6H12N2O2/c1-5(8)6(9)10-4-2-3-7/h1-4,7-8H2. The monoisotopic (exact) mass is 144 g/mol. The number of carbonyl (C=O) groups excluding carboxylic acids is 1. The lowest BCUT2D eigenvalue weighted by molar-refractivity contribution is -0.139. The third-order valence-electron chi connectivity index (χ3n) is 0.844. The zero-order valence-electron chi connectivity index (χ0n) is 5.80. The van der Waals surface area contributed by atoms with Crippen LogP contribution in [0.1, 0.15) is 6.42 Å². The maximum absolute atomic E-state index is 10.5. The average molecular weight is 144 g/mol. The van der Waals surface area contributed by atoms with Crippen LogP contribution in [0.5, 0.6) is 0 Å². The highest BCUT2D eigenvalue weighted by Crippen LogP contribution is 1.86. The second-order valence-corrected chi connectivity index (χ2v) is 1.80. The Kier molecular flexibility index (Phi) is 4.32. The van der Waals surface area contributed by atoms with Crippen LogP contribution in [0.15, 0.2) is 12.3 Å². The van der Waals surface area contributed by atoms with Gasteiger partial charge >= 0.3 is 5.97 Å². The van der Waals surface area contributed by atoms with Crippen LogP contribution in [0.4, 0.5) is 0 Å². The van der Waals surface area contributed by atoms with Crippen LogP contribution in [0, 0.1) is 0 Å². The third kappa shape index (κ3) is 3.91. The third-order valence-corrected chi connectivity index (χ3v) is 0.844. The van der Waals surface area contributed by atoms with Crippen LogP contribution < -0.4 is 11.5 Å². The molecule has 0 atom stereocenters. The van der Waals surface area contributed by atoms with Crippen molar-refractivity contribution in [3.8, 4) is 0 Å². The summed E-state index contributed by atoms with van der Waals surface area (Å²) >= 11 is 0. The van der Waals surface area contributed by atoms with Crippen molar-refractivity contribution in [2.75, 3.05) is 13.2 Å². The molecule has 0 saturated heterocycles. The molecule has 4 heteroatoms. The molecular weight excluding hydrogens is 132 g/mol.